The highest BCUT2D eigenvalue weighted by Gasteiger charge is 2.14. The standard InChI is InChI=1S/C11H10N4O3/c1-18-11(17)7-4-2-3-5-8(7)14-15-9(6-12)10(13)16/h2-5,9H,1H3,(H2,13,16)/t9-/m0/s1. The number of nitrogens with two attached hydrogens (primary N) is 1. The molecule has 0 heterocycles. The van der Waals surface area contributed by atoms with Gasteiger partial charge >= 0.3 is 5.97 Å². The molecule has 7 heteroatoms. The van der Waals surface area contributed by atoms with Gasteiger partial charge in [0.25, 0.3) is 5.91 Å². The summed E-state index contributed by atoms with van der Waals surface area (Å²) in [4.78, 5) is 22.2. The van der Waals surface area contributed by atoms with E-state index in [1.807, 2.05) is 0 Å². The number of nitrogens with zero attached hydrogens (tertiary/aromatic N) is 3. The summed E-state index contributed by atoms with van der Waals surface area (Å²) in [6.45, 7) is 0. The Hall–Kier alpha value is -2.75. The van der Waals surface area contributed by atoms with Gasteiger partial charge in [-0.05, 0) is 12.1 Å². The Morgan fingerprint density at radius 2 is 2.11 bits per heavy atom. The molecule has 0 aliphatic rings. The van der Waals surface area contributed by atoms with Crippen molar-refractivity contribution < 1.29 is 14.3 Å². The Bertz CT molecular complexity index is 533. The fourth-order valence-corrected chi connectivity index (χ4v) is 1.11. The lowest BCUT2D eigenvalue weighted by Crippen LogP contribution is -2.24. The van der Waals surface area contributed by atoms with E-state index in [2.05, 4.69) is 15.0 Å². The minimum atomic E-state index is -1.38. The van der Waals surface area contributed by atoms with E-state index in [0.717, 1.165) is 0 Å². The summed E-state index contributed by atoms with van der Waals surface area (Å²) in [5.74, 6) is -1.49. The Morgan fingerprint density at radius 3 is 2.67 bits per heavy atom. The number of carbonyl (C=O) groups excluding carboxylic acids is 2. The van der Waals surface area contributed by atoms with Crippen molar-refractivity contribution >= 4 is 17.6 Å². The fourth-order valence-electron chi connectivity index (χ4n) is 1.11. The zero-order chi connectivity index (χ0) is 13.5. The molecule has 0 aliphatic carbocycles. The van der Waals surface area contributed by atoms with Crippen LogP contribution in [0.2, 0.25) is 0 Å². The molecule has 92 valence electrons. The molecule has 0 fully saturated rings. The average Bonchev–Trinajstić information content (AvgIpc) is 2.38. The number of primary amides is 1. The zero-order valence-electron chi connectivity index (χ0n) is 9.53. The van der Waals surface area contributed by atoms with Gasteiger partial charge in [0, 0.05) is 0 Å². The molecule has 0 aromatic heterocycles. The van der Waals surface area contributed by atoms with Gasteiger partial charge in [0.15, 0.2) is 0 Å². The van der Waals surface area contributed by atoms with E-state index in [1.54, 1.807) is 18.2 Å². The van der Waals surface area contributed by atoms with Gasteiger partial charge in [0.1, 0.15) is 6.07 Å². The maximum absolute atomic E-state index is 11.4. The number of carbonyl (C=O) groups is 2. The van der Waals surface area contributed by atoms with E-state index in [0.29, 0.717) is 0 Å². The van der Waals surface area contributed by atoms with Gasteiger partial charge in [-0.2, -0.15) is 15.5 Å². The predicted octanol–water partition coefficient (Wildman–Crippen LogP) is 0.934. The van der Waals surface area contributed by atoms with Crippen molar-refractivity contribution in [3.05, 3.63) is 29.8 Å². The number of amides is 1. The summed E-state index contributed by atoms with van der Waals surface area (Å²) in [7, 11) is 1.23. The van der Waals surface area contributed by atoms with E-state index in [4.69, 9.17) is 11.0 Å². The molecule has 1 aromatic rings. The van der Waals surface area contributed by atoms with Crippen LogP contribution >= 0.6 is 0 Å². The summed E-state index contributed by atoms with van der Waals surface area (Å²) in [6, 6.07) is 6.46. The first-order valence-corrected chi connectivity index (χ1v) is 4.87. The number of benzene rings is 1. The van der Waals surface area contributed by atoms with Gasteiger partial charge < -0.3 is 10.5 Å². The highest BCUT2D eigenvalue weighted by Crippen LogP contribution is 2.20. The highest BCUT2D eigenvalue weighted by atomic mass is 16.5. The highest BCUT2D eigenvalue weighted by molar-refractivity contribution is 5.94. The normalized spacial score (nSPS) is 11.8. The van der Waals surface area contributed by atoms with Crippen molar-refractivity contribution in [2.75, 3.05) is 7.11 Å². The van der Waals surface area contributed by atoms with Crippen LogP contribution in [0.5, 0.6) is 0 Å². The van der Waals surface area contributed by atoms with Crippen LogP contribution < -0.4 is 5.73 Å². The molecule has 1 atom stereocenters. The van der Waals surface area contributed by atoms with Gasteiger partial charge in [0.2, 0.25) is 6.04 Å². The number of nitriles is 1. The van der Waals surface area contributed by atoms with Crippen LogP contribution in [0.1, 0.15) is 10.4 Å². The monoisotopic (exact) mass is 246 g/mol. The summed E-state index contributed by atoms with van der Waals surface area (Å²) >= 11 is 0. The molecule has 2 N–H and O–H groups in total. The molecule has 0 saturated heterocycles. The number of rotatable bonds is 4. The fraction of sp³-hybridized carbons (Fsp3) is 0.182. The quantitative estimate of drug-likeness (QED) is 0.627. The smallest absolute Gasteiger partial charge is 0.340 e. The van der Waals surface area contributed by atoms with Gasteiger partial charge in [0.05, 0.1) is 18.4 Å². The minimum absolute atomic E-state index is 0.185. The van der Waals surface area contributed by atoms with Crippen molar-refractivity contribution in [1.29, 1.82) is 5.26 Å². The Kier molecular flexibility index (Phi) is 4.51. The zero-order valence-corrected chi connectivity index (χ0v) is 9.53. The molecule has 1 amide bonds. The number of hydrogen-bond donors (Lipinski definition) is 1. The molecule has 1 aromatic carbocycles. The second-order valence-electron chi connectivity index (χ2n) is 3.16. The van der Waals surface area contributed by atoms with Crippen LogP contribution in [-0.4, -0.2) is 25.0 Å². The lowest BCUT2D eigenvalue weighted by atomic mass is 10.2. The van der Waals surface area contributed by atoms with Crippen LogP contribution in [0, 0.1) is 11.3 Å². The number of methoxy groups -OCH3 is 1. The summed E-state index contributed by atoms with van der Waals surface area (Å²) < 4.78 is 4.56. The number of ether oxygens (including phenoxy) is 1. The molecule has 18 heavy (non-hydrogen) atoms. The second kappa shape index (κ2) is 6.10. The van der Waals surface area contributed by atoms with Gasteiger partial charge in [-0.1, -0.05) is 12.1 Å². The Labute approximate surface area is 103 Å². The van der Waals surface area contributed by atoms with Crippen molar-refractivity contribution in [3.63, 3.8) is 0 Å². The first-order chi connectivity index (χ1) is 8.60. The van der Waals surface area contributed by atoms with Gasteiger partial charge in [-0.15, -0.1) is 0 Å². The van der Waals surface area contributed by atoms with Gasteiger partial charge in [-0.3, -0.25) is 4.79 Å². The lowest BCUT2D eigenvalue weighted by Gasteiger charge is -2.02. The van der Waals surface area contributed by atoms with E-state index in [-0.39, 0.29) is 11.3 Å². The molecule has 0 unspecified atom stereocenters. The second-order valence-corrected chi connectivity index (χ2v) is 3.16. The van der Waals surface area contributed by atoms with Crippen molar-refractivity contribution in [2.45, 2.75) is 6.04 Å². The van der Waals surface area contributed by atoms with Crippen molar-refractivity contribution in [2.24, 2.45) is 16.0 Å². The molecular weight excluding hydrogens is 236 g/mol. The SMILES string of the molecule is COC(=O)c1ccccc1N=N[C@@H](C#N)C(N)=O. The molecule has 0 radical (unpaired) electrons. The van der Waals surface area contributed by atoms with E-state index >= 15 is 0 Å². The summed E-state index contributed by atoms with van der Waals surface area (Å²) in [5.41, 5.74) is 5.31. The lowest BCUT2D eigenvalue weighted by molar-refractivity contribution is -0.118. The Balaban J connectivity index is 3.05. The summed E-state index contributed by atoms with van der Waals surface area (Å²) in [5, 5.41) is 15.7. The molecular formula is C11H10N4O3. The molecule has 7 nitrogen and oxygen atoms in total. The van der Waals surface area contributed by atoms with E-state index in [1.165, 1.54) is 19.2 Å². The molecule has 1 rings (SSSR count). The molecule has 0 bridgehead atoms. The summed E-state index contributed by atoms with van der Waals surface area (Å²) in [6.07, 6.45) is 0. The minimum Gasteiger partial charge on any atom is -0.465 e. The third-order valence-electron chi connectivity index (χ3n) is 1.98. The van der Waals surface area contributed by atoms with Crippen LogP contribution in [-0.2, 0) is 9.53 Å². The first kappa shape index (κ1) is 13.3. The van der Waals surface area contributed by atoms with Gasteiger partial charge in [-0.25, -0.2) is 4.79 Å². The van der Waals surface area contributed by atoms with Crippen LogP contribution in [0.4, 0.5) is 5.69 Å². The average molecular weight is 246 g/mol. The number of azo groups is 1. The first-order valence-electron chi connectivity index (χ1n) is 4.87. The number of hydrogen-bond acceptors (Lipinski definition) is 6. The molecule has 0 aliphatic heterocycles. The third kappa shape index (κ3) is 3.12. The number of esters is 1. The predicted molar refractivity (Wildman–Crippen MR) is 60.9 cm³/mol. The van der Waals surface area contributed by atoms with Crippen molar-refractivity contribution in [3.8, 4) is 6.07 Å². The third-order valence-corrected chi connectivity index (χ3v) is 1.98. The maximum Gasteiger partial charge on any atom is 0.340 e. The topological polar surface area (TPSA) is 118 Å². The van der Waals surface area contributed by atoms with E-state index < -0.39 is 17.9 Å². The van der Waals surface area contributed by atoms with Crippen LogP contribution in [0.15, 0.2) is 34.5 Å². The largest absolute Gasteiger partial charge is 0.465 e. The van der Waals surface area contributed by atoms with Crippen LogP contribution in [0.3, 0.4) is 0 Å². The molecule has 0 spiro atoms. The molecule has 0 saturated carbocycles. The Morgan fingerprint density at radius 1 is 1.44 bits per heavy atom. The maximum atomic E-state index is 11.4. The van der Waals surface area contributed by atoms with Crippen molar-refractivity contribution in [1.82, 2.24) is 0 Å². The van der Waals surface area contributed by atoms with E-state index in [9.17, 15) is 9.59 Å². The van der Waals surface area contributed by atoms with Crippen LogP contribution in [0.25, 0.3) is 0 Å².